The number of pyridine rings is 1. The van der Waals surface area contributed by atoms with Crippen LogP contribution in [0.1, 0.15) is 17.2 Å². The summed E-state index contributed by atoms with van der Waals surface area (Å²) in [6, 6.07) is 19.4. The number of benzene rings is 2. The summed E-state index contributed by atoms with van der Waals surface area (Å²) < 4.78 is 11.6. The number of ether oxygens (including phenoxy) is 2. The molecule has 8 heteroatoms. The van der Waals surface area contributed by atoms with Gasteiger partial charge >= 0.3 is 5.82 Å². The van der Waals surface area contributed by atoms with Crippen molar-refractivity contribution in [3.05, 3.63) is 88.0 Å². The van der Waals surface area contributed by atoms with E-state index >= 15 is 0 Å². The van der Waals surface area contributed by atoms with Gasteiger partial charge in [0.1, 0.15) is 12.4 Å². The molecule has 0 aliphatic carbocycles. The number of anilines is 1. The Hall–Kier alpha value is -3.94. The lowest BCUT2D eigenvalue weighted by molar-refractivity contribution is -0.389. The summed E-state index contributed by atoms with van der Waals surface area (Å²) >= 11 is 0. The molecule has 152 valence electrons. The van der Waals surface area contributed by atoms with Crippen molar-refractivity contribution in [2.24, 2.45) is 0 Å². The summed E-state index contributed by atoms with van der Waals surface area (Å²) in [5.41, 5.74) is 1.75. The first-order valence-corrected chi connectivity index (χ1v) is 9.41. The van der Waals surface area contributed by atoms with Gasteiger partial charge in [0.15, 0.2) is 5.75 Å². The van der Waals surface area contributed by atoms with Crippen LogP contribution in [0.5, 0.6) is 11.5 Å². The molecular formula is C22H19N3O5. The number of nitrogens with zero attached hydrogens (tertiary/aromatic N) is 3. The van der Waals surface area contributed by atoms with E-state index in [0.717, 1.165) is 5.56 Å². The van der Waals surface area contributed by atoms with Crippen molar-refractivity contribution in [3.8, 4) is 11.5 Å². The van der Waals surface area contributed by atoms with Crippen molar-refractivity contribution >= 4 is 17.5 Å². The third-order valence-electron chi connectivity index (χ3n) is 4.68. The van der Waals surface area contributed by atoms with Crippen molar-refractivity contribution < 1.29 is 19.2 Å². The second-order valence-electron chi connectivity index (χ2n) is 6.81. The first-order valence-electron chi connectivity index (χ1n) is 9.41. The highest BCUT2D eigenvalue weighted by Crippen LogP contribution is 2.38. The number of hydrogen-bond acceptors (Lipinski definition) is 6. The van der Waals surface area contributed by atoms with Gasteiger partial charge in [0.25, 0.3) is 11.7 Å². The Morgan fingerprint density at radius 2 is 1.93 bits per heavy atom. The van der Waals surface area contributed by atoms with Gasteiger partial charge in [-0.05, 0) is 40.6 Å². The van der Waals surface area contributed by atoms with Crippen molar-refractivity contribution in [1.82, 2.24) is 4.98 Å². The molecule has 1 aliphatic heterocycles. The van der Waals surface area contributed by atoms with Gasteiger partial charge in [0, 0.05) is 11.6 Å². The average Bonchev–Trinajstić information content (AvgIpc) is 2.75. The number of fused-ring (bicyclic) bond motifs is 1. The maximum absolute atomic E-state index is 13.2. The number of nitro groups is 1. The molecule has 0 radical (unpaired) electrons. The third-order valence-corrected chi connectivity index (χ3v) is 4.68. The topological polar surface area (TPSA) is 94.8 Å². The second-order valence-corrected chi connectivity index (χ2v) is 6.81. The van der Waals surface area contributed by atoms with Crippen LogP contribution in [0.2, 0.25) is 0 Å². The standard InChI is InChI=1S/C22H19N3O5/c1-15-6-5-9-17(14-15)29-13-12-24-21-18(10-11-19(23-21)25(27)28)30-20(22(24)26)16-7-3-2-4-8-16/h2-11,14,20H,12-13H2,1H3. The number of rotatable bonds is 6. The van der Waals surface area contributed by atoms with Crippen LogP contribution >= 0.6 is 0 Å². The molecule has 1 amide bonds. The normalized spacial score (nSPS) is 15.3. The lowest BCUT2D eigenvalue weighted by Crippen LogP contribution is -2.43. The molecule has 2 heterocycles. The fourth-order valence-electron chi connectivity index (χ4n) is 3.25. The molecule has 2 aromatic carbocycles. The van der Waals surface area contributed by atoms with E-state index in [4.69, 9.17) is 9.47 Å². The molecule has 4 rings (SSSR count). The average molecular weight is 405 g/mol. The van der Waals surface area contributed by atoms with E-state index in [1.165, 1.54) is 17.0 Å². The highest BCUT2D eigenvalue weighted by atomic mass is 16.6. The Kier molecular flexibility index (Phi) is 5.30. The SMILES string of the molecule is Cc1cccc(OCCN2C(=O)C(c3ccccc3)Oc3ccc([N+](=O)[O-])nc32)c1. The lowest BCUT2D eigenvalue weighted by atomic mass is 10.1. The highest BCUT2D eigenvalue weighted by molar-refractivity contribution is 5.99. The first kappa shape index (κ1) is 19.4. The third kappa shape index (κ3) is 3.93. The minimum absolute atomic E-state index is 0.120. The van der Waals surface area contributed by atoms with Gasteiger partial charge in [0.2, 0.25) is 6.10 Å². The Balaban J connectivity index is 1.62. The molecule has 0 fully saturated rings. The van der Waals surface area contributed by atoms with Crippen LogP contribution in [0.15, 0.2) is 66.7 Å². The fraction of sp³-hybridized carbons (Fsp3) is 0.182. The van der Waals surface area contributed by atoms with E-state index in [1.807, 2.05) is 49.4 Å². The van der Waals surface area contributed by atoms with Crippen molar-refractivity contribution in [2.45, 2.75) is 13.0 Å². The number of carbonyl (C=O) groups excluding carboxylic acids is 1. The molecule has 30 heavy (non-hydrogen) atoms. The van der Waals surface area contributed by atoms with E-state index < -0.39 is 11.0 Å². The molecule has 1 unspecified atom stereocenters. The van der Waals surface area contributed by atoms with Crippen molar-refractivity contribution in [2.75, 3.05) is 18.1 Å². The van der Waals surface area contributed by atoms with Gasteiger partial charge in [-0.3, -0.25) is 9.69 Å². The molecule has 1 aromatic heterocycles. The smallest absolute Gasteiger partial charge is 0.366 e. The van der Waals surface area contributed by atoms with E-state index in [0.29, 0.717) is 17.1 Å². The van der Waals surface area contributed by atoms with Crippen LogP contribution in [0.3, 0.4) is 0 Å². The number of aryl methyl sites for hydroxylation is 1. The first-order chi connectivity index (χ1) is 14.5. The Bertz CT molecular complexity index is 1090. The zero-order valence-electron chi connectivity index (χ0n) is 16.2. The molecule has 0 spiro atoms. The Morgan fingerprint density at radius 1 is 1.13 bits per heavy atom. The summed E-state index contributed by atoms with van der Waals surface area (Å²) in [5, 5.41) is 11.2. The quantitative estimate of drug-likeness (QED) is 0.457. The number of amides is 1. The maximum Gasteiger partial charge on any atom is 0.366 e. The van der Waals surface area contributed by atoms with Crippen molar-refractivity contribution in [3.63, 3.8) is 0 Å². The van der Waals surface area contributed by atoms with Crippen LogP contribution in [0.25, 0.3) is 0 Å². The Labute approximate surface area is 172 Å². The highest BCUT2D eigenvalue weighted by Gasteiger charge is 2.39. The summed E-state index contributed by atoms with van der Waals surface area (Å²) in [4.78, 5) is 29.2. The molecule has 0 N–H and O–H groups in total. The lowest BCUT2D eigenvalue weighted by Gasteiger charge is -2.31. The summed E-state index contributed by atoms with van der Waals surface area (Å²) in [5.74, 6) is 0.406. The zero-order chi connectivity index (χ0) is 21.1. The second kappa shape index (κ2) is 8.20. The van der Waals surface area contributed by atoms with E-state index in [9.17, 15) is 14.9 Å². The van der Waals surface area contributed by atoms with Crippen LogP contribution in [0, 0.1) is 17.0 Å². The predicted octanol–water partition coefficient (Wildman–Crippen LogP) is 3.84. The van der Waals surface area contributed by atoms with E-state index in [1.54, 1.807) is 12.1 Å². The van der Waals surface area contributed by atoms with E-state index in [2.05, 4.69) is 4.98 Å². The van der Waals surface area contributed by atoms with Crippen LogP contribution in [-0.2, 0) is 4.79 Å². The maximum atomic E-state index is 13.2. The monoisotopic (exact) mass is 405 g/mol. The van der Waals surface area contributed by atoms with Gasteiger partial charge in [-0.15, -0.1) is 0 Å². The summed E-state index contributed by atoms with van der Waals surface area (Å²) in [7, 11) is 0. The van der Waals surface area contributed by atoms with Gasteiger partial charge in [-0.1, -0.05) is 42.5 Å². The minimum Gasteiger partial charge on any atom is -0.492 e. The number of hydrogen-bond donors (Lipinski definition) is 0. The largest absolute Gasteiger partial charge is 0.492 e. The number of aromatic nitrogens is 1. The van der Waals surface area contributed by atoms with Gasteiger partial charge < -0.3 is 19.6 Å². The molecule has 1 aliphatic rings. The molecule has 3 aromatic rings. The van der Waals surface area contributed by atoms with Crippen molar-refractivity contribution in [1.29, 1.82) is 0 Å². The van der Waals surface area contributed by atoms with Gasteiger partial charge in [-0.25, -0.2) is 0 Å². The molecule has 0 saturated carbocycles. The molecular weight excluding hydrogens is 386 g/mol. The summed E-state index contributed by atoms with van der Waals surface area (Å²) in [6.07, 6.45) is -0.860. The molecule has 0 saturated heterocycles. The minimum atomic E-state index is -0.860. The van der Waals surface area contributed by atoms with Gasteiger partial charge in [0.05, 0.1) is 6.54 Å². The van der Waals surface area contributed by atoms with Gasteiger partial charge in [-0.2, -0.15) is 0 Å². The van der Waals surface area contributed by atoms with Crippen LogP contribution in [0.4, 0.5) is 11.6 Å². The van der Waals surface area contributed by atoms with Crippen LogP contribution in [-0.4, -0.2) is 29.0 Å². The van der Waals surface area contributed by atoms with Crippen LogP contribution < -0.4 is 14.4 Å². The fourth-order valence-corrected chi connectivity index (χ4v) is 3.25. The zero-order valence-corrected chi connectivity index (χ0v) is 16.2. The molecule has 0 bridgehead atoms. The molecule has 8 nitrogen and oxygen atoms in total. The summed E-state index contributed by atoms with van der Waals surface area (Å²) in [6.45, 7) is 2.32. The van der Waals surface area contributed by atoms with E-state index in [-0.39, 0.29) is 30.7 Å². The predicted molar refractivity (Wildman–Crippen MR) is 110 cm³/mol. The molecule has 1 atom stereocenters. The number of carbonyl (C=O) groups is 1. The Morgan fingerprint density at radius 3 is 2.67 bits per heavy atom.